The van der Waals surface area contributed by atoms with Gasteiger partial charge in [0, 0.05) is 28.4 Å². The summed E-state index contributed by atoms with van der Waals surface area (Å²) >= 11 is 5.95. The summed E-state index contributed by atoms with van der Waals surface area (Å²) in [4.78, 5) is 12.6. The quantitative estimate of drug-likeness (QED) is 0.258. The van der Waals surface area contributed by atoms with Gasteiger partial charge in [0.25, 0.3) is 5.91 Å². The fourth-order valence-corrected chi connectivity index (χ4v) is 3.97. The molecule has 0 aliphatic rings. The van der Waals surface area contributed by atoms with Gasteiger partial charge in [0.15, 0.2) is 0 Å². The second-order valence-corrected chi connectivity index (χ2v) is 7.76. The van der Waals surface area contributed by atoms with Gasteiger partial charge in [-0.05, 0) is 55.0 Å². The molecule has 4 aromatic rings. The summed E-state index contributed by atoms with van der Waals surface area (Å²) in [5, 5.41) is 13.8. The molecule has 0 saturated carbocycles. The number of nitrogens with zero attached hydrogens (tertiary/aromatic N) is 2. The average Bonchev–Trinajstić information content (AvgIpc) is 3.11. The smallest absolute Gasteiger partial charge is 0.341 e. The van der Waals surface area contributed by atoms with E-state index in [1.165, 1.54) is 6.08 Å². The molecule has 0 aliphatic carbocycles. The van der Waals surface area contributed by atoms with E-state index in [9.17, 15) is 23.2 Å². The summed E-state index contributed by atoms with van der Waals surface area (Å²) in [6, 6.07) is 17.9. The minimum absolute atomic E-state index is 0.0672. The first-order valence-electron chi connectivity index (χ1n) is 10.0. The first kappa shape index (κ1) is 22.4. The molecule has 33 heavy (non-hydrogen) atoms. The van der Waals surface area contributed by atoms with Crippen molar-refractivity contribution >= 4 is 51.1 Å². The summed E-state index contributed by atoms with van der Waals surface area (Å²) < 4.78 is 41.2. The van der Waals surface area contributed by atoms with Crippen molar-refractivity contribution in [2.75, 3.05) is 5.32 Å². The number of amides is 1. The Bertz CT molecular complexity index is 1460. The molecule has 1 aromatic heterocycles. The van der Waals surface area contributed by atoms with Crippen LogP contribution in [0.25, 0.3) is 27.9 Å². The van der Waals surface area contributed by atoms with Gasteiger partial charge in [-0.25, -0.2) is 0 Å². The number of nitriles is 1. The molecule has 0 radical (unpaired) electrons. The fraction of sp³-hybridized carbons (Fsp3) is 0.120. The number of rotatable bonds is 4. The topological polar surface area (TPSA) is 57.8 Å². The van der Waals surface area contributed by atoms with Crippen LogP contribution in [0.4, 0.5) is 18.9 Å². The molecule has 3 aromatic carbocycles. The van der Waals surface area contributed by atoms with Crippen LogP contribution in [0.15, 0.2) is 66.2 Å². The van der Waals surface area contributed by atoms with E-state index >= 15 is 0 Å². The second kappa shape index (κ2) is 8.64. The first-order valence-corrected chi connectivity index (χ1v) is 10.4. The van der Waals surface area contributed by atoms with E-state index in [1.54, 1.807) is 6.07 Å². The van der Waals surface area contributed by atoms with Crippen molar-refractivity contribution in [3.63, 3.8) is 0 Å². The lowest BCUT2D eigenvalue weighted by Crippen LogP contribution is -2.15. The van der Waals surface area contributed by atoms with Crippen molar-refractivity contribution in [3.8, 4) is 6.07 Å². The van der Waals surface area contributed by atoms with Crippen molar-refractivity contribution in [1.29, 1.82) is 5.26 Å². The minimum atomic E-state index is -4.59. The highest BCUT2D eigenvalue weighted by atomic mass is 35.5. The van der Waals surface area contributed by atoms with Gasteiger partial charge in [-0.15, -0.1) is 0 Å². The Morgan fingerprint density at radius 1 is 1.09 bits per heavy atom. The van der Waals surface area contributed by atoms with Crippen molar-refractivity contribution in [2.45, 2.75) is 19.6 Å². The maximum absolute atomic E-state index is 13.0. The number of benzene rings is 3. The van der Waals surface area contributed by atoms with Crippen LogP contribution in [0.1, 0.15) is 18.1 Å². The molecule has 0 spiro atoms. The highest BCUT2D eigenvalue weighted by Gasteiger charge is 2.31. The molecule has 166 valence electrons. The number of carbonyl (C=O) groups excluding carboxylic acids is 1. The van der Waals surface area contributed by atoms with Crippen LogP contribution in [0.5, 0.6) is 0 Å². The molecule has 1 N–H and O–H groups in total. The van der Waals surface area contributed by atoms with Crippen LogP contribution in [-0.2, 0) is 17.5 Å². The number of para-hydroxylation sites is 1. The third kappa shape index (κ3) is 4.30. The normalized spacial score (nSPS) is 12.2. The maximum atomic E-state index is 13.0. The molecule has 0 unspecified atom stereocenters. The Morgan fingerprint density at radius 3 is 2.52 bits per heavy atom. The molecule has 4 rings (SSSR count). The van der Waals surface area contributed by atoms with Crippen LogP contribution in [0.3, 0.4) is 0 Å². The predicted molar refractivity (Wildman–Crippen MR) is 124 cm³/mol. The number of anilines is 1. The Kier molecular flexibility index (Phi) is 5.88. The number of hydrogen-bond donors (Lipinski definition) is 1. The summed E-state index contributed by atoms with van der Waals surface area (Å²) in [6.07, 6.45) is -3.20. The van der Waals surface area contributed by atoms with Gasteiger partial charge in [0.1, 0.15) is 11.6 Å². The van der Waals surface area contributed by atoms with Gasteiger partial charge in [0.2, 0.25) is 0 Å². The van der Waals surface area contributed by atoms with Crippen LogP contribution in [-0.4, -0.2) is 10.5 Å². The van der Waals surface area contributed by atoms with Gasteiger partial charge < -0.3 is 9.88 Å². The fourth-order valence-electron chi connectivity index (χ4n) is 3.80. The lowest BCUT2D eigenvalue weighted by Gasteiger charge is -2.11. The largest absolute Gasteiger partial charge is 0.416 e. The van der Waals surface area contributed by atoms with E-state index < -0.39 is 17.6 Å². The van der Waals surface area contributed by atoms with Gasteiger partial charge in [-0.3, -0.25) is 4.79 Å². The molecule has 0 bridgehead atoms. The Labute approximate surface area is 192 Å². The first-order chi connectivity index (χ1) is 15.7. The van der Waals surface area contributed by atoms with E-state index in [-0.39, 0.29) is 16.3 Å². The van der Waals surface area contributed by atoms with Gasteiger partial charge in [0.05, 0.1) is 16.3 Å². The number of carbonyl (C=O) groups is 1. The predicted octanol–water partition coefficient (Wildman–Crippen LogP) is 7.03. The third-order valence-corrected chi connectivity index (χ3v) is 5.66. The molecule has 4 nitrogen and oxygen atoms in total. The van der Waals surface area contributed by atoms with E-state index in [1.807, 2.05) is 42.5 Å². The summed E-state index contributed by atoms with van der Waals surface area (Å²) in [5.74, 6) is -0.852. The number of aromatic nitrogens is 1. The van der Waals surface area contributed by atoms with Crippen LogP contribution < -0.4 is 5.32 Å². The van der Waals surface area contributed by atoms with Crippen molar-refractivity contribution in [2.24, 2.45) is 0 Å². The molecule has 8 heteroatoms. The molecule has 0 saturated heterocycles. The lowest BCUT2D eigenvalue weighted by molar-refractivity contribution is -0.137. The average molecular weight is 468 g/mol. The van der Waals surface area contributed by atoms with E-state index in [0.717, 1.165) is 46.5 Å². The Hall–Kier alpha value is -3.76. The van der Waals surface area contributed by atoms with Crippen LogP contribution in [0, 0.1) is 11.3 Å². The molecular formula is C25H17ClF3N3O. The van der Waals surface area contributed by atoms with Crippen molar-refractivity contribution in [1.82, 2.24) is 4.57 Å². The number of hydrogen-bond acceptors (Lipinski definition) is 2. The third-order valence-electron chi connectivity index (χ3n) is 5.33. The zero-order valence-electron chi connectivity index (χ0n) is 17.4. The molecular weight excluding hydrogens is 451 g/mol. The SMILES string of the molecule is CCn1c2ccccc2c2cc(C=C(C#N)C(=O)Nc3cc(C(F)(F)F)ccc3Cl)ccc21. The summed E-state index contributed by atoms with van der Waals surface area (Å²) in [5.41, 5.74) is 1.27. The lowest BCUT2D eigenvalue weighted by atomic mass is 10.1. The Balaban J connectivity index is 1.70. The number of aryl methyl sites for hydroxylation is 1. The van der Waals surface area contributed by atoms with E-state index in [4.69, 9.17) is 11.6 Å². The van der Waals surface area contributed by atoms with Gasteiger partial charge >= 0.3 is 6.18 Å². The molecule has 1 amide bonds. The monoisotopic (exact) mass is 467 g/mol. The summed E-state index contributed by atoms with van der Waals surface area (Å²) in [7, 11) is 0. The Morgan fingerprint density at radius 2 is 1.82 bits per heavy atom. The highest BCUT2D eigenvalue weighted by Crippen LogP contribution is 2.34. The standard InChI is InChI=1S/C25H17ClF3N3O/c1-2-32-22-6-4-3-5-18(22)19-12-15(7-10-23(19)32)11-16(14-30)24(33)31-21-13-17(25(27,28)29)8-9-20(21)26/h3-13H,2H2,1H3,(H,31,33). The molecule has 1 heterocycles. The molecule has 0 atom stereocenters. The van der Waals surface area contributed by atoms with Gasteiger partial charge in [-0.1, -0.05) is 35.9 Å². The number of nitrogens with one attached hydrogen (secondary N) is 1. The maximum Gasteiger partial charge on any atom is 0.416 e. The number of alkyl halides is 3. The molecule has 0 aliphatic heterocycles. The minimum Gasteiger partial charge on any atom is -0.341 e. The van der Waals surface area contributed by atoms with Crippen LogP contribution in [0.2, 0.25) is 5.02 Å². The van der Waals surface area contributed by atoms with Crippen molar-refractivity contribution in [3.05, 3.63) is 82.4 Å². The number of halogens is 4. The summed E-state index contributed by atoms with van der Waals surface area (Å²) in [6.45, 7) is 2.83. The number of fused-ring (bicyclic) bond motifs is 3. The second-order valence-electron chi connectivity index (χ2n) is 7.35. The van der Waals surface area contributed by atoms with E-state index in [0.29, 0.717) is 5.56 Å². The molecule has 0 fully saturated rings. The zero-order chi connectivity index (χ0) is 23.8. The zero-order valence-corrected chi connectivity index (χ0v) is 18.1. The van der Waals surface area contributed by atoms with Crippen LogP contribution >= 0.6 is 11.6 Å². The van der Waals surface area contributed by atoms with Crippen molar-refractivity contribution < 1.29 is 18.0 Å². The van der Waals surface area contributed by atoms with Gasteiger partial charge in [-0.2, -0.15) is 18.4 Å². The van der Waals surface area contributed by atoms with E-state index in [2.05, 4.69) is 16.8 Å². The highest BCUT2D eigenvalue weighted by molar-refractivity contribution is 6.34.